The van der Waals surface area contributed by atoms with Crippen LogP contribution in [-0.4, -0.2) is 4.98 Å². The molecule has 96 valence electrons. The summed E-state index contributed by atoms with van der Waals surface area (Å²) in [7, 11) is 0. The first-order valence-electron chi connectivity index (χ1n) is 5.38. The quantitative estimate of drug-likeness (QED) is 0.822. The summed E-state index contributed by atoms with van der Waals surface area (Å²) >= 11 is 19.6. The molecule has 2 rings (SSSR count). The van der Waals surface area contributed by atoms with Crippen molar-refractivity contribution in [2.75, 3.05) is 5.73 Å². The summed E-state index contributed by atoms with van der Waals surface area (Å²) in [6.07, 6.45) is 1.52. The van der Waals surface area contributed by atoms with Gasteiger partial charge in [0.15, 0.2) is 5.13 Å². The fourth-order valence-electron chi connectivity index (χ4n) is 1.69. The zero-order valence-electron chi connectivity index (χ0n) is 9.64. The van der Waals surface area contributed by atoms with Crippen LogP contribution in [-0.2, 0) is 12.8 Å². The Balaban J connectivity index is 2.36. The molecule has 0 saturated heterocycles. The molecule has 18 heavy (non-hydrogen) atoms. The van der Waals surface area contributed by atoms with E-state index in [-0.39, 0.29) is 0 Å². The smallest absolute Gasteiger partial charge is 0.180 e. The molecule has 0 atom stereocenters. The lowest BCUT2D eigenvalue weighted by molar-refractivity contribution is 1.02. The van der Waals surface area contributed by atoms with Gasteiger partial charge in [0.2, 0.25) is 0 Å². The van der Waals surface area contributed by atoms with E-state index in [1.807, 2.05) is 0 Å². The number of aromatic nitrogens is 1. The van der Waals surface area contributed by atoms with E-state index >= 15 is 0 Å². The first-order valence-corrected chi connectivity index (χ1v) is 7.33. The minimum Gasteiger partial charge on any atom is -0.375 e. The van der Waals surface area contributed by atoms with Crippen molar-refractivity contribution >= 4 is 51.3 Å². The van der Waals surface area contributed by atoms with Crippen LogP contribution in [0.3, 0.4) is 0 Å². The second-order valence-corrected chi connectivity index (χ2v) is 6.15. The summed E-state index contributed by atoms with van der Waals surface area (Å²) in [5.41, 5.74) is 7.68. The van der Waals surface area contributed by atoms with Crippen LogP contribution in [0.1, 0.15) is 23.1 Å². The van der Waals surface area contributed by atoms with Crippen LogP contribution in [0.15, 0.2) is 12.1 Å². The molecule has 2 nitrogen and oxygen atoms in total. The topological polar surface area (TPSA) is 38.9 Å². The maximum absolute atomic E-state index is 6.16. The lowest BCUT2D eigenvalue weighted by Gasteiger charge is -2.06. The minimum atomic E-state index is 0.463. The Morgan fingerprint density at radius 1 is 1.17 bits per heavy atom. The zero-order valence-corrected chi connectivity index (χ0v) is 12.7. The lowest BCUT2D eigenvalue weighted by atomic mass is 10.1. The number of nitrogens with two attached hydrogens (primary N) is 1. The third-order valence-electron chi connectivity index (χ3n) is 2.57. The van der Waals surface area contributed by atoms with Gasteiger partial charge in [-0.3, -0.25) is 0 Å². The summed E-state index contributed by atoms with van der Waals surface area (Å²) in [4.78, 5) is 5.41. The molecule has 0 fully saturated rings. The molecule has 0 spiro atoms. The highest BCUT2D eigenvalue weighted by molar-refractivity contribution is 7.15. The second-order valence-electron chi connectivity index (χ2n) is 3.81. The molecule has 1 aromatic heterocycles. The van der Waals surface area contributed by atoms with Gasteiger partial charge in [0.05, 0.1) is 15.7 Å². The van der Waals surface area contributed by atoms with Crippen molar-refractivity contribution in [1.29, 1.82) is 0 Å². The van der Waals surface area contributed by atoms with Crippen molar-refractivity contribution in [2.45, 2.75) is 19.8 Å². The molecule has 1 aromatic carbocycles. The van der Waals surface area contributed by atoms with Gasteiger partial charge >= 0.3 is 0 Å². The van der Waals surface area contributed by atoms with Crippen molar-refractivity contribution in [3.05, 3.63) is 43.3 Å². The molecule has 0 aliphatic carbocycles. The molecule has 0 amide bonds. The van der Waals surface area contributed by atoms with Crippen LogP contribution >= 0.6 is 46.1 Å². The predicted octanol–water partition coefficient (Wildman–Crippen LogP) is 4.84. The molecular formula is C12H11Cl3N2S. The van der Waals surface area contributed by atoms with Crippen LogP contribution in [0, 0.1) is 0 Å². The van der Waals surface area contributed by atoms with Crippen molar-refractivity contribution in [2.24, 2.45) is 0 Å². The van der Waals surface area contributed by atoms with E-state index in [9.17, 15) is 0 Å². The highest BCUT2D eigenvalue weighted by Gasteiger charge is 2.12. The van der Waals surface area contributed by atoms with Gasteiger partial charge in [-0.05, 0) is 24.1 Å². The van der Waals surface area contributed by atoms with Gasteiger partial charge in [-0.1, -0.05) is 41.7 Å². The largest absolute Gasteiger partial charge is 0.375 e. The highest BCUT2D eigenvalue weighted by atomic mass is 35.5. The van der Waals surface area contributed by atoms with Gasteiger partial charge in [-0.25, -0.2) is 4.98 Å². The number of nitrogens with zero attached hydrogens (tertiary/aromatic N) is 1. The van der Waals surface area contributed by atoms with Gasteiger partial charge in [0.25, 0.3) is 0 Å². The summed E-state index contributed by atoms with van der Waals surface area (Å²) < 4.78 is 0. The number of rotatable bonds is 3. The number of thiazole rings is 1. The molecule has 2 N–H and O–H groups in total. The Bertz CT molecular complexity index is 581. The molecule has 0 saturated carbocycles. The third-order valence-corrected chi connectivity index (χ3v) is 4.57. The van der Waals surface area contributed by atoms with Crippen molar-refractivity contribution < 1.29 is 0 Å². The van der Waals surface area contributed by atoms with Crippen LogP contribution in [0.2, 0.25) is 15.1 Å². The maximum atomic E-state index is 6.16. The Kier molecular flexibility index (Phi) is 4.38. The predicted molar refractivity (Wildman–Crippen MR) is 80.2 cm³/mol. The molecule has 2 aromatic rings. The monoisotopic (exact) mass is 320 g/mol. The molecule has 0 aliphatic rings. The standard InChI is InChI=1S/C12H11Cl3N2S/c1-2-10-11(18-12(16)17-10)4-6-3-8(14)9(15)5-7(6)13/h3,5H,2,4H2,1H3,(H2,16,17). The Hall–Kier alpha value is -0.480. The van der Waals surface area contributed by atoms with E-state index in [0.717, 1.165) is 22.6 Å². The first-order chi connectivity index (χ1) is 8.51. The Morgan fingerprint density at radius 3 is 2.50 bits per heavy atom. The van der Waals surface area contributed by atoms with E-state index in [4.69, 9.17) is 40.5 Å². The number of hydrogen-bond donors (Lipinski definition) is 1. The number of hydrogen-bond acceptors (Lipinski definition) is 3. The zero-order chi connectivity index (χ0) is 13.3. The lowest BCUT2D eigenvalue weighted by Crippen LogP contribution is -1.92. The van der Waals surface area contributed by atoms with Crippen LogP contribution in [0.25, 0.3) is 0 Å². The number of nitrogen functional groups attached to an aromatic ring is 1. The van der Waals surface area contributed by atoms with E-state index in [2.05, 4.69) is 11.9 Å². The fourth-order valence-corrected chi connectivity index (χ4v) is 3.27. The first kappa shape index (κ1) is 13.9. The molecule has 0 bridgehead atoms. The van der Waals surface area contributed by atoms with Crippen molar-refractivity contribution in [1.82, 2.24) is 4.98 Å². The summed E-state index contributed by atoms with van der Waals surface area (Å²) in [6, 6.07) is 3.46. The number of halogens is 3. The van der Waals surface area contributed by atoms with Crippen LogP contribution in [0.5, 0.6) is 0 Å². The normalized spacial score (nSPS) is 10.9. The minimum absolute atomic E-state index is 0.463. The van der Waals surface area contributed by atoms with Crippen molar-refractivity contribution in [3.63, 3.8) is 0 Å². The average Bonchev–Trinajstić information content (AvgIpc) is 2.66. The van der Waals surface area contributed by atoms with Gasteiger partial charge in [-0.15, -0.1) is 11.3 Å². The molecule has 0 unspecified atom stereocenters. The maximum Gasteiger partial charge on any atom is 0.180 e. The summed E-state index contributed by atoms with van der Waals surface area (Å²) in [6.45, 7) is 2.05. The number of aryl methyl sites for hydroxylation is 1. The summed E-state index contributed by atoms with van der Waals surface area (Å²) in [5, 5.41) is 2.16. The van der Waals surface area contributed by atoms with Gasteiger partial charge in [0, 0.05) is 16.3 Å². The van der Waals surface area contributed by atoms with Crippen LogP contribution < -0.4 is 5.73 Å². The molecule has 0 aliphatic heterocycles. The van der Waals surface area contributed by atoms with E-state index in [1.165, 1.54) is 11.3 Å². The summed E-state index contributed by atoms with van der Waals surface area (Å²) in [5.74, 6) is 0. The molecule has 0 radical (unpaired) electrons. The van der Waals surface area contributed by atoms with Crippen LogP contribution in [0.4, 0.5) is 5.13 Å². The van der Waals surface area contributed by atoms with Gasteiger partial charge < -0.3 is 5.73 Å². The van der Waals surface area contributed by atoms with E-state index in [1.54, 1.807) is 12.1 Å². The highest BCUT2D eigenvalue weighted by Crippen LogP contribution is 2.32. The number of benzene rings is 1. The van der Waals surface area contributed by atoms with E-state index < -0.39 is 0 Å². The molecule has 6 heteroatoms. The molecular weight excluding hydrogens is 311 g/mol. The molecule has 1 heterocycles. The SMILES string of the molecule is CCc1nc(N)sc1Cc1cc(Cl)c(Cl)cc1Cl. The van der Waals surface area contributed by atoms with E-state index in [0.29, 0.717) is 26.6 Å². The fraction of sp³-hybridized carbons (Fsp3) is 0.250. The van der Waals surface area contributed by atoms with Gasteiger partial charge in [-0.2, -0.15) is 0 Å². The Labute approximate surface area is 125 Å². The number of anilines is 1. The average molecular weight is 322 g/mol. The third kappa shape index (κ3) is 2.91. The van der Waals surface area contributed by atoms with Gasteiger partial charge in [0.1, 0.15) is 0 Å². The second kappa shape index (κ2) is 5.66. The van der Waals surface area contributed by atoms with Crippen molar-refractivity contribution in [3.8, 4) is 0 Å². The Morgan fingerprint density at radius 2 is 1.83 bits per heavy atom.